The van der Waals surface area contributed by atoms with E-state index in [2.05, 4.69) is 20.4 Å². The zero-order valence-electron chi connectivity index (χ0n) is 19.6. The molecule has 2 N–H and O–H groups in total. The molecule has 0 saturated heterocycles. The molecule has 4 aromatic rings. The van der Waals surface area contributed by atoms with Gasteiger partial charge < -0.3 is 10.4 Å². The highest BCUT2D eigenvalue weighted by Gasteiger charge is 2.34. The number of hydrogen-bond acceptors (Lipinski definition) is 6. The maximum atomic E-state index is 13.6. The number of hydrogen-bond donors (Lipinski definition) is 2. The smallest absolute Gasteiger partial charge is 0.389 e. The number of aliphatic hydroxyl groups is 1. The van der Waals surface area contributed by atoms with Crippen molar-refractivity contribution in [2.45, 2.75) is 32.5 Å². The van der Waals surface area contributed by atoms with Crippen LogP contribution in [0.25, 0.3) is 28.2 Å². The number of nitrogens with zero attached hydrogens (tertiary/aromatic N) is 5. The van der Waals surface area contributed by atoms with Crippen LogP contribution in [0.4, 0.5) is 13.2 Å². The third kappa shape index (κ3) is 5.18. The van der Waals surface area contributed by atoms with Gasteiger partial charge in [-0.2, -0.15) is 23.5 Å². The Balaban J connectivity index is 1.96. The number of pyridine rings is 1. The first-order valence-corrected chi connectivity index (χ1v) is 10.8. The van der Waals surface area contributed by atoms with Gasteiger partial charge in [0, 0.05) is 23.4 Å². The van der Waals surface area contributed by atoms with Crippen molar-refractivity contribution in [2.75, 3.05) is 6.54 Å². The number of carbonyl (C=O) groups excluding carboxylic acids is 1. The average Bonchev–Trinajstić information content (AvgIpc) is 3.20. The second-order valence-electron chi connectivity index (χ2n) is 8.87. The van der Waals surface area contributed by atoms with Crippen molar-refractivity contribution in [1.29, 1.82) is 5.26 Å². The molecule has 0 aliphatic rings. The van der Waals surface area contributed by atoms with Gasteiger partial charge in [-0.25, -0.2) is 14.5 Å². The lowest BCUT2D eigenvalue weighted by Gasteiger charge is -2.17. The van der Waals surface area contributed by atoms with Gasteiger partial charge in [0.05, 0.1) is 22.9 Å². The van der Waals surface area contributed by atoms with E-state index in [4.69, 9.17) is 0 Å². The van der Waals surface area contributed by atoms with Crippen LogP contribution in [-0.4, -0.2) is 42.7 Å². The molecule has 1 amide bonds. The lowest BCUT2D eigenvalue weighted by Crippen LogP contribution is -2.38. The van der Waals surface area contributed by atoms with Gasteiger partial charge in [-0.05, 0) is 57.2 Å². The number of halogens is 3. The van der Waals surface area contributed by atoms with Crippen LogP contribution in [0.5, 0.6) is 0 Å². The summed E-state index contributed by atoms with van der Waals surface area (Å²) in [5, 5.41) is 26.1. The molecule has 0 fully saturated rings. The summed E-state index contributed by atoms with van der Waals surface area (Å²) in [5.74, 6) is -0.575. The molecule has 0 atom stereocenters. The van der Waals surface area contributed by atoms with Gasteiger partial charge in [-0.1, -0.05) is 12.1 Å². The molecular weight excluding hydrogens is 473 g/mol. The standard InChI is InChI=1S/C25H21F3N6O2/c1-14-9-17(11-19(31-14)25(26,27)28)22-21(16-6-4-5-15(10-16)12-29)32-20-8-7-18(33-34(20)22)23(35)30-13-24(2,3)36/h4-11,36H,13H2,1-3H3,(H,30,35). The first-order chi connectivity index (χ1) is 16.9. The number of aryl methyl sites for hydroxylation is 1. The van der Waals surface area contributed by atoms with Crippen molar-refractivity contribution in [3.05, 3.63) is 71.2 Å². The molecule has 184 valence electrons. The molecule has 0 spiro atoms. The van der Waals surface area contributed by atoms with E-state index >= 15 is 0 Å². The van der Waals surface area contributed by atoms with E-state index in [1.54, 1.807) is 24.3 Å². The normalized spacial score (nSPS) is 11.9. The maximum Gasteiger partial charge on any atom is 0.433 e. The molecule has 11 heteroatoms. The van der Waals surface area contributed by atoms with Gasteiger partial charge >= 0.3 is 6.18 Å². The molecule has 3 heterocycles. The highest BCUT2D eigenvalue weighted by atomic mass is 19.4. The van der Waals surface area contributed by atoms with Crippen molar-refractivity contribution in [2.24, 2.45) is 0 Å². The molecule has 3 aromatic heterocycles. The van der Waals surface area contributed by atoms with Gasteiger partial charge in [-0.15, -0.1) is 0 Å². The van der Waals surface area contributed by atoms with E-state index < -0.39 is 23.4 Å². The van der Waals surface area contributed by atoms with E-state index in [0.717, 1.165) is 6.07 Å². The fourth-order valence-electron chi connectivity index (χ4n) is 3.59. The van der Waals surface area contributed by atoms with E-state index in [-0.39, 0.29) is 40.5 Å². The molecule has 0 unspecified atom stereocenters. The predicted octanol–water partition coefficient (Wildman–Crippen LogP) is 4.16. The van der Waals surface area contributed by atoms with Gasteiger partial charge in [-0.3, -0.25) is 4.79 Å². The Labute approximate surface area is 204 Å². The summed E-state index contributed by atoms with van der Waals surface area (Å²) in [6.45, 7) is 4.47. The van der Waals surface area contributed by atoms with Crippen LogP contribution < -0.4 is 5.32 Å². The number of amides is 1. The number of alkyl halides is 3. The van der Waals surface area contributed by atoms with Crippen molar-refractivity contribution < 1.29 is 23.1 Å². The van der Waals surface area contributed by atoms with E-state index in [9.17, 15) is 28.3 Å². The molecule has 8 nitrogen and oxygen atoms in total. The number of nitriles is 1. The fourth-order valence-corrected chi connectivity index (χ4v) is 3.59. The number of rotatable bonds is 5. The topological polar surface area (TPSA) is 116 Å². The molecular formula is C25H21F3N6O2. The van der Waals surface area contributed by atoms with E-state index in [1.807, 2.05) is 6.07 Å². The van der Waals surface area contributed by atoms with Crippen LogP contribution in [0.2, 0.25) is 0 Å². The van der Waals surface area contributed by atoms with Crippen molar-refractivity contribution in [1.82, 2.24) is 24.9 Å². The monoisotopic (exact) mass is 494 g/mol. The average molecular weight is 494 g/mol. The first kappa shape index (κ1) is 24.8. The molecule has 0 aliphatic heterocycles. The van der Waals surface area contributed by atoms with E-state index in [0.29, 0.717) is 11.1 Å². The summed E-state index contributed by atoms with van der Waals surface area (Å²) in [5.41, 5.74) is -0.381. The number of aromatic nitrogens is 4. The van der Waals surface area contributed by atoms with Gasteiger partial charge in [0.2, 0.25) is 0 Å². The Morgan fingerprint density at radius 3 is 2.53 bits per heavy atom. The van der Waals surface area contributed by atoms with Crippen molar-refractivity contribution in [3.63, 3.8) is 0 Å². The Kier molecular flexibility index (Phi) is 6.24. The van der Waals surface area contributed by atoms with E-state index in [1.165, 1.54) is 43.5 Å². The zero-order chi connectivity index (χ0) is 26.3. The molecule has 0 aliphatic carbocycles. The summed E-state index contributed by atoms with van der Waals surface area (Å²) in [7, 11) is 0. The first-order valence-electron chi connectivity index (χ1n) is 10.8. The lowest BCUT2D eigenvalue weighted by atomic mass is 10.0. The van der Waals surface area contributed by atoms with Crippen LogP contribution in [0.1, 0.15) is 41.3 Å². The lowest BCUT2D eigenvalue weighted by molar-refractivity contribution is -0.141. The largest absolute Gasteiger partial charge is 0.433 e. The second-order valence-corrected chi connectivity index (χ2v) is 8.87. The number of imidazole rings is 1. The summed E-state index contributed by atoms with van der Waals surface area (Å²) in [4.78, 5) is 20.8. The number of fused-ring (bicyclic) bond motifs is 1. The van der Waals surface area contributed by atoms with Gasteiger partial charge in [0.1, 0.15) is 17.1 Å². The van der Waals surface area contributed by atoms with Crippen LogP contribution in [0, 0.1) is 18.3 Å². The molecule has 36 heavy (non-hydrogen) atoms. The Morgan fingerprint density at radius 1 is 1.11 bits per heavy atom. The molecule has 0 saturated carbocycles. The molecule has 1 aromatic carbocycles. The summed E-state index contributed by atoms with van der Waals surface area (Å²) in [6, 6.07) is 13.9. The Bertz CT molecular complexity index is 1510. The molecule has 0 radical (unpaired) electrons. The molecule has 4 rings (SSSR count). The van der Waals surface area contributed by atoms with Crippen molar-refractivity contribution >= 4 is 11.6 Å². The van der Waals surface area contributed by atoms with Crippen molar-refractivity contribution in [3.8, 4) is 28.6 Å². The van der Waals surface area contributed by atoms with Crippen LogP contribution in [0.15, 0.2) is 48.5 Å². The minimum absolute atomic E-state index is 0.0236. The van der Waals surface area contributed by atoms with Crippen LogP contribution in [-0.2, 0) is 6.18 Å². The fraction of sp³-hybridized carbons (Fsp3) is 0.240. The second kappa shape index (κ2) is 9.05. The Morgan fingerprint density at radius 2 is 1.86 bits per heavy atom. The summed E-state index contributed by atoms with van der Waals surface area (Å²) < 4.78 is 42.0. The minimum Gasteiger partial charge on any atom is -0.389 e. The number of nitrogens with one attached hydrogen (secondary N) is 1. The highest BCUT2D eigenvalue weighted by Crippen LogP contribution is 2.36. The molecule has 0 bridgehead atoms. The van der Waals surface area contributed by atoms with Gasteiger partial charge in [0.25, 0.3) is 5.91 Å². The van der Waals surface area contributed by atoms with Crippen LogP contribution in [0.3, 0.4) is 0 Å². The maximum absolute atomic E-state index is 13.6. The highest BCUT2D eigenvalue weighted by molar-refractivity contribution is 5.92. The van der Waals surface area contributed by atoms with Crippen LogP contribution >= 0.6 is 0 Å². The quantitative estimate of drug-likeness (QED) is 0.431. The van der Waals surface area contributed by atoms with Gasteiger partial charge in [0.15, 0.2) is 5.65 Å². The third-order valence-corrected chi connectivity index (χ3v) is 5.17. The third-order valence-electron chi connectivity index (χ3n) is 5.17. The minimum atomic E-state index is -4.68. The summed E-state index contributed by atoms with van der Waals surface area (Å²) in [6.07, 6.45) is -4.68. The Hall–Kier alpha value is -4.30. The number of carbonyl (C=O) groups is 1. The predicted molar refractivity (Wildman–Crippen MR) is 125 cm³/mol. The summed E-state index contributed by atoms with van der Waals surface area (Å²) >= 11 is 0. The zero-order valence-corrected chi connectivity index (χ0v) is 19.6. The number of benzene rings is 1. The SMILES string of the molecule is Cc1cc(-c2c(-c3cccc(C#N)c3)nc3ccc(C(=O)NCC(C)(C)O)nn23)cc(C(F)(F)F)n1.